The molecule has 0 bridgehead atoms. The van der Waals surface area contributed by atoms with Crippen LogP contribution in [0.1, 0.15) is 22.3 Å². The summed E-state index contributed by atoms with van der Waals surface area (Å²) < 4.78 is 22.5. The van der Waals surface area contributed by atoms with E-state index in [0.29, 0.717) is 18.5 Å². The van der Waals surface area contributed by atoms with Crippen molar-refractivity contribution in [2.45, 2.75) is 18.2 Å². The van der Waals surface area contributed by atoms with E-state index in [4.69, 9.17) is 10.7 Å². The summed E-state index contributed by atoms with van der Waals surface area (Å²) >= 11 is 0. The molecule has 0 spiro atoms. The Bertz CT molecular complexity index is 567. The van der Waals surface area contributed by atoms with E-state index in [1.165, 1.54) is 12.1 Å². The number of carbonyl (C=O) groups excluding carboxylic acids is 1. The van der Waals surface area contributed by atoms with Crippen molar-refractivity contribution in [1.82, 2.24) is 5.32 Å². The number of amides is 1. The number of hydrogen-bond donors (Lipinski definition) is 1. The van der Waals surface area contributed by atoms with Crippen molar-refractivity contribution in [2.75, 3.05) is 6.54 Å². The first-order valence-electron chi connectivity index (χ1n) is 5.30. The summed E-state index contributed by atoms with van der Waals surface area (Å²) in [4.78, 5) is 11.7. The van der Waals surface area contributed by atoms with E-state index in [-0.39, 0.29) is 16.4 Å². The molecule has 4 nitrogen and oxygen atoms in total. The molecule has 1 aromatic carbocycles. The summed E-state index contributed by atoms with van der Waals surface area (Å²) in [6.45, 7) is 5.70. The van der Waals surface area contributed by atoms with Crippen LogP contribution in [0.25, 0.3) is 0 Å². The largest absolute Gasteiger partial charge is 0.352 e. The summed E-state index contributed by atoms with van der Waals surface area (Å²) in [5, 5.41) is 2.66. The minimum atomic E-state index is -3.83. The van der Waals surface area contributed by atoms with E-state index in [1.807, 2.05) is 0 Å². The number of rotatable bonds is 5. The number of hydrogen-bond acceptors (Lipinski definition) is 3. The smallest absolute Gasteiger partial charge is 0.261 e. The monoisotopic (exact) mass is 287 g/mol. The molecule has 0 fully saturated rings. The van der Waals surface area contributed by atoms with Crippen LogP contribution in [0, 0.1) is 6.92 Å². The number of carbonyl (C=O) groups is 1. The highest BCUT2D eigenvalue weighted by molar-refractivity contribution is 8.13. The van der Waals surface area contributed by atoms with Crippen LogP contribution in [0.3, 0.4) is 0 Å². The lowest BCUT2D eigenvalue weighted by atomic mass is 10.1. The summed E-state index contributed by atoms with van der Waals surface area (Å²) in [5.74, 6) is -0.331. The van der Waals surface area contributed by atoms with E-state index in [1.54, 1.807) is 19.1 Å². The van der Waals surface area contributed by atoms with Crippen LogP contribution < -0.4 is 5.32 Å². The Hall–Kier alpha value is -1.33. The molecule has 0 aromatic heterocycles. The average molecular weight is 288 g/mol. The molecule has 0 aliphatic heterocycles. The number of benzene rings is 1. The van der Waals surface area contributed by atoms with Crippen LogP contribution >= 0.6 is 10.7 Å². The highest BCUT2D eigenvalue weighted by atomic mass is 35.7. The van der Waals surface area contributed by atoms with Gasteiger partial charge >= 0.3 is 0 Å². The highest BCUT2D eigenvalue weighted by Crippen LogP contribution is 2.18. The van der Waals surface area contributed by atoms with Gasteiger partial charge in [-0.05, 0) is 37.1 Å². The molecule has 0 saturated heterocycles. The zero-order chi connectivity index (χ0) is 13.8. The third kappa shape index (κ3) is 4.16. The van der Waals surface area contributed by atoms with Gasteiger partial charge in [0.15, 0.2) is 0 Å². The van der Waals surface area contributed by atoms with Gasteiger partial charge in [0, 0.05) is 22.8 Å². The van der Waals surface area contributed by atoms with E-state index >= 15 is 0 Å². The molecule has 0 unspecified atom stereocenters. The van der Waals surface area contributed by atoms with E-state index < -0.39 is 9.05 Å². The quantitative estimate of drug-likeness (QED) is 0.513. The third-order valence-electron chi connectivity index (χ3n) is 2.23. The lowest BCUT2D eigenvalue weighted by molar-refractivity contribution is 0.0954. The molecule has 98 valence electrons. The van der Waals surface area contributed by atoms with Crippen LogP contribution in [0.4, 0.5) is 0 Å². The highest BCUT2D eigenvalue weighted by Gasteiger charge is 2.14. The standard InChI is InChI=1S/C12H14ClNO3S/c1-3-4-5-14-12(15)10-6-9(2)7-11(8-10)18(13,16)17/h3,6-8H,1,4-5H2,2H3,(H,14,15). The van der Waals surface area contributed by atoms with Gasteiger partial charge in [0.05, 0.1) is 4.90 Å². The van der Waals surface area contributed by atoms with Crippen molar-refractivity contribution in [3.8, 4) is 0 Å². The molecule has 1 amide bonds. The van der Waals surface area contributed by atoms with Crippen molar-refractivity contribution in [2.24, 2.45) is 0 Å². The molecule has 1 rings (SSSR count). The van der Waals surface area contributed by atoms with Gasteiger partial charge in [0.25, 0.3) is 15.0 Å². The first-order chi connectivity index (χ1) is 8.34. The maximum absolute atomic E-state index is 11.8. The zero-order valence-electron chi connectivity index (χ0n) is 9.94. The minimum absolute atomic E-state index is 0.0713. The number of aryl methyl sites for hydroxylation is 1. The summed E-state index contributed by atoms with van der Waals surface area (Å²) in [5.41, 5.74) is 0.934. The summed E-state index contributed by atoms with van der Waals surface area (Å²) in [7, 11) is 1.43. The maximum Gasteiger partial charge on any atom is 0.261 e. The van der Waals surface area contributed by atoms with Gasteiger partial charge in [-0.3, -0.25) is 4.79 Å². The molecular weight excluding hydrogens is 274 g/mol. The van der Waals surface area contributed by atoms with Crippen molar-refractivity contribution in [3.05, 3.63) is 42.0 Å². The molecular formula is C12H14ClNO3S. The first-order valence-corrected chi connectivity index (χ1v) is 7.61. The molecule has 0 atom stereocenters. The molecule has 0 saturated carbocycles. The Morgan fingerprint density at radius 3 is 2.67 bits per heavy atom. The fourth-order valence-electron chi connectivity index (χ4n) is 1.41. The van der Waals surface area contributed by atoms with Gasteiger partial charge in [0.1, 0.15) is 0 Å². The number of halogens is 1. The molecule has 0 radical (unpaired) electrons. The second-order valence-corrected chi connectivity index (χ2v) is 6.37. The Kier molecular flexibility index (Phi) is 4.93. The SMILES string of the molecule is C=CCCNC(=O)c1cc(C)cc(S(=O)(=O)Cl)c1. The zero-order valence-corrected chi connectivity index (χ0v) is 11.5. The van der Waals surface area contributed by atoms with Crippen molar-refractivity contribution >= 4 is 25.6 Å². The Balaban J connectivity index is 2.99. The average Bonchev–Trinajstić information content (AvgIpc) is 2.27. The molecule has 0 aliphatic carbocycles. The van der Waals surface area contributed by atoms with Crippen molar-refractivity contribution in [3.63, 3.8) is 0 Å². The first kappa shape index (κ1) is 14.7. The molecule has 1 N–H and O–H groups in total. The van der Waals surface area contributed by atoms with Crippen LogP contribution in [-0.2, 0) is 9.05 Å². The Morgan fingerprint density at radius 2 is 2.11 bits per heavy atom. The topological polar surface area (TPSA) is 63.2 Å². The van der Waals surface area contributed by atoms with Crippen LogP contribution in [0.5, 0.6) is 0 Å². The molecule has 1 aromatic rings. The van der Waals surface area contributed by atoms with E-state index in [2.05, 4.69) is 11.9 Å². The van der Waals surface area contributed by atoms with Gasteiger partial charge < -0.3 is 5.32 Å². The fourth-order valence-corrected chi connectivity index (χ4v) is 2.27. The fraction of sp³-hybridized carbons (Fsp3) is 0.250. The predicted molar refractivity (Wildman–Crippen MR) is 71.4 cm³/mol. The van der Waals surface area contributed by atoms with Crippen molar-refractivity contribution < 1.29 is 13.2 Å². The second kappa shape index (κ2) is 6.02. The lowest BCUT2D eigenvalue weighted by Crippen LogP contribution is -2.24. The normalized spacial score (nSPS) is 11.0. The van der Waals surface area contributed by atoms with Gasteiger partial charge in [0.2, 0.25) is 0 Å². The molecule has 0 heterocycles. The third-order valence-corrected chi connectivity index (χ3v) is 3.56. The summed E-state index contributed by atoms with van der Waals surface area (Å²) in [6, 6.07) is 4.29. The molecule has 18 heavy (non-hydrogen) atoms. The summed E-state index contributed by atoms with van der Waals surface area (Å²) in [6.07, 6.45) is 2.34. The maximum atomic E-state index is 11.8. The van der Waals surface area contributed by atoms with E-state index in [9.17, 15) is 13.2 Å². The molecule has 0 aliphatic rings. The Morgan fingerprint density at radius 1 is 1.44 bits per heavy atom. The van der Waals surface area contributed by atoms with E-state index in [0.717, 1.165) is 0 Å². The molecule has 6 heteroatoms. The second-order valence-electron chi connectivity index (χ2n) is 3.81. The van der Waals surface area contributed by atoms with Crippen LogP contribution in [-0.4, -0.2) is 20.9 Å². The lowest BCUT2D eigenvalue weighted by Gasteiger charge is -2.06. The van der Waals surface area contributed by atoms with Gasteiger partial charge in [-0.1, -0.05) is 6.08 Å². The minimum Gasteiger partial charge on any atom is -0.352 e. The van der Waals surface area contributed by atoms with Crippen molar-refractivity contribution in [1.29, 1.82) is 0 Å². The van der Waals surface area contributed by atoms with Crippen LogP contribution in [0.15, 0.2) is 35.7 Å². The predicted octanol–water partition coefficient (Wildman–Crippen LogP) is 2.23. The van der Waals surface area contributed by atoms with Gasteiger partial charge in [-0.15, -0.1) is 6.58 Å². The number of nitrogens with one attached hydrogen (secondary N) is 1. The van der Waals surface area contributed by atoms with Crippen LogP contribution in [0.2, 0.25) is 0 Å². The Labute approximate surface area is 111 Å². The van der Waals surface area contributed by atoms with Gasteiger partial charge in [-0.2, -0.15) is 0 Å². The van der Waals surface area contributed by atoms with Gasteiger partial charge in [-0.25, -0.2) is 8.42 Å².